The SMILES string of the molecule is CCCC1(CCC)OC2C(COP(=O)(O)O)OC(n3ccc(=O)[nH]c3=O)C2O1. The van der Waals surface area contributed by atoms with E-state index >= 15 is 0 Å². The van der Waals surface area contributed by atoms with Crippen molar-refractivity contribution < 1.29 is 33.1 Å². The smallest absolute Gasteiger partial charge is 0.346 e. The number of fused-ring (bicyclic) bond motifs is 1. The summed E-state index contributed by atoms with van der Waals surface area (Å²) in [4.78, 5) is 43.8. The topological polar surface area (TPSA) is 149 Å². The highest BCUT2D eigenvalue weighted by Gasteiger charge is 2.58. The fourth-order valence-electron chi connectivity index (χ4n) is 3.78. The van der Waals surface area contributed by atoms with E-state index in [-0.39, 0.29) is 0 Å². The molecule has 28 heavy (non-hydrogen) atoms. The third-order valence-corrected chi connectivity index (χ3v) is 5.27. The van der Waals surface area contributed by atoms with Gasteiger partial charge in [0.15, 0.2) is 12.0 Å². The quantitative estimate of drug-likeness (QED) is 0.515. The van der Waals surface area contributed by atoms with Gasteiger partial charge in [-0.1, -0.05) is 26.7 Å². The largest absolute Gasteiger partial charge is 0.469 e. The highest BCUT2D eigenvalue weighted by atomic mass is 31.2. The van der Waals surface area contributed by atoms with E-state index in [1.54, 1.807) is 0 Å². The maximum absolute atomic E-state index is 12.2. The molecule has 3 heterocycles. The van der Waals surface area contributed by atoms with Crippen LogP contribution >= 0.6 is 7.82 Å². The Kier molecular flexibility index (Phi) is 6.26. The van der Waals surface area contributed by atoms with Crippen LogP contribution in [0.4, 0.5) is 0 Å². The molecule has 2 aliphatic rings. The van der Waals surface area contributed by atoms with Crippen molar-refractivity contribution in [2.45, 2.75) is 69.9 Å². The molecular weight excluding hydrogens is 395 g/mol. The molecule has 2 saturated heterocycles. The lowest BCUT2D eigenvalue weighted by atomic mass is 10.1. The number of hydrogen-bond acceptors (Lipinski definition) is 7. The van der Waals surface area contributed by atoms with Gasteiger partial charge in [-0.3, -0.25) is 18.9 Å². The average Bonchev–Trinajstić information content (AvgIpc) is 3.09. The second kappa shape index (κ2) is 8.19. The second-order valence-corrected chi connectivity index (χ2v) is 8.18. The van der Waals surface area contributed by atoms with Crippen molar-refractivity contribution in [1.29, 1.82) is 0 Å². The van der Waals surface area contributed by atoms with E-state index in [1.165, 1.54) is 16.8 Å². The monoisotopic (exact) mass is 420 g/mol. The summed E-state index contributed by atoms with van der Waals surface area (Å²) in [5, 5.41) is 0. The first-order valence-electron chi connectivity index (χ1n) is 9.20. The summed E-state index contributed by atoms with van der Waals surface area (Å²) in [6.07, 6.45) is 0.937. The van der Waals surface area contributed by atoms with Gasteiger partial charge in [-0.05, 0) is 0 Å². The minimum Gasteiger partial charge on any atom is -0.346 e. The number of H-pyrrole nitrogens is 1. The molecule has 4 atom stereocenters. The van der Waals surface area contributed by atoms with Crippen LogP contribution in [0.15, 0.2) is 21.9 Å². The van der Waals surface area contributed by atoms with Crippen LogP contribution in [0.3, 0.4) is 0 Å². The van der Waals surface area contributed by atoms with Crippen molar-refractivity contribution >= 4 is 7.82 Å². The Balaban J connectivity index is 1.92. The van der Waals surface area contributed by atoms with Crippen LogP contribution < -0.4 is 11.2 Å². The first kappa shape index (κ1) is 21.4. The molecular formula is C16H25N2O9P. The van der Waals surface area contributed by atoms with Crippen molar-refractivity contribution in [3.05, 3.63) is 33.1 Å². The first-order chi connectivity index (χ1) is 13.2. The van der Waals surface area contributed by atoms with Crippen LogP contribution in [0.25, 0.3) is 0 Å². The van der Waals surface area contributed by atoms with Crippen LogP contribution in [0.1, 0.15) is 45.8 Å². The molecule has 0 aromatic carbocycles. The number of nitrogens with zero attached hydrogens (tertiary/aromatic N) is 1. The molecule has 0 amide bonds. The van der Waals surface area contributed by atoms with Gasteiger partial charge >= 0.3 is 13.5 Å². The van der Waals surface area contributed by atoms with Gasteiger partial charge < -0.3 is 24.0 Å². The van der Waals surface area contributed by atoms with Crippen molar-refractivity contribution in [1.82, 2.24) is 9.55 Å². The summed E-state index contributed by atoms with van der Waals surface area (Å²) in [7, 11) is -4.71. The zero-order valence-electron chi connectivity index (χ0n) is 15.6. The maximum Gasteiger partial charge on any atom is 0.469 e. The fraction of sp³-hybridized carbons (Fsp3) is 0.750. The molecule has 0 aliphatic carbocycles. The lowest BCUT2D eigenvalue weighted by Crippen LogP contribution is -2.38. The Bertz CT molecular complexity index is 841. The van der Waals surface area contributed by atoms with Gasteiger partial charge in [-0.15, -0.1) is 0 Å². The van der Waals surface area contributed by atoms with Gasteiger partial charge in [0.05, 0.1) is 6.61 Å². The minimum atomic E-state index is -4.71. The Hall–Kier alpha value is -1.33. The Morgan fingerprint density at radius 1 is 1.21 bits per heavy atom. The highest BCUT2D eigenvalue weighted by Crippen LogP contribution is 2.47. The predicted octanol–water partition coefficient (Wildman–Crippen LogP) is 0.624. The van der Waals surface area contributed by atoms with E-state index < -0.39 is 56.0 Å². The molecule has 3 N–H and O–H groups in total. The maximum atomic E-state index is 12.2. The second-order valence-electron chi connectivity index (χ2n) is 6.94. The standard InChI is InChI=1S/C16H25N2O9P/c1-3-6-16(7-4-2)26-12-10(9-24-28(21,22)23)25-14(13(12)27-16)18-8-5-11(19)17-15(18)20/h5,8,10,12-14H,3-4,6-7,9H2,1-2H3,(H,17,19,20)(H2,21,22,23). The van der Waals surface area contributed by atoms with Gasteiger partial charge in [0.1, 0.15) is 18.3 Å². The number of phosphoric ester groups is 1. The lowest BCUT2D eigenvalue weighted by Gasteiger charge is -2.31. The number of hydrogen-bond donors (Lipinski definition) is 3. The van der Waals surface area contributed by atoms with Crippen LogP contribution in [0.5, 0.6) is 0 Å². The molecule has 1 aromatic rings. The van der Waals surface area contributed by atoms with E-state index in [0.717, 1.165) is 12.8 Å². The lowest BCUT2D eigenvalue weighted by molar-refractivity contribution is -0.226. The van der Waals surface area contributed by atoms with Gasteiger partial charge in [0, 0.05) is 25.1 Å². The summed E-state index contributed by atoms with van der Waals surface area (Å²) >= 11 is 0. The molecule has 4 unspecified atom stereocenters. The van der Waals surface area contributed by atoms with E-state index in [0.29, 0.717) is 12.8 Å². The number of aromatic amines is 1. The molecule has 0 spiro atoms. The van der Waals surface area contributed by atoms with Crippen molar-refractivity contribution in [2.75, 3.05) is 6.61 Å². The molecule has 11 nitrogen and oxygen atoms in total. The zero-order chi connectivity index (χ0) is 20.5. The highest BCUT2D eigenvalue weighted by molar-refractivity contribution is 7.46. The van der Waals surface area contributed by atoms with Crippen LogP contribution in [0, 0.1) is 0 Å². The summed E-state index contributed by atoms with van der Waals surface area (Å²) in [5.41, 5.74) is -1.23. The van der Waals surface area contributed by atoms with Gasteiger partial charge in [-0.25, -0.2) is 9.36 Å². The van der Waals surface area contributed by atoms with Crippen molar-refractivity contribution in [3.63, 3.8) is 0 Å². The Morgan fingerprint density at radius 3 is 2.43 bits per heavy atom. The fourth-order valence-corrected chi connectivity index (χ4v) is 4.12. The van der Waals surface area contributed by atoms with Crippen molar-refractivity contribution in [2.24, 2.45) is 0 Å². The third kappa shape index (κ3) is 4.46. The van der Waals surface area contributed by atoms with Crippen molar-refractivity contribution in [3.8, 4) is 0 Å². The molecule has 3 rings (SSSR count). The molecule has 2 fully saturated rings. The minimum absolute atomic E-state index is 0.433. The number of nitrogens with one attached hydrogen (secondary N) is 1. The number of ether oxygens (including phenoxy) is 3. The van der Waals surface area contributed by atoms with Gasteiger partial charge in [-0.2, -0.15) is 0 Å². The van der Waals surface area contributed by atoms with Crippen LogP contribution in [0.2, 0.25) is 0 Å². The summed E-state index contributed by atoms with van der Waals surface area (Å²) in [6, 6.07) is 1.18. The molecule has 0 radical (unpaired) electrons. The number of rotatable bonds is 8. The number of phosphoric acid groups is 1. The normalized spacial score (nSPS) is 29.1. The summed E-state index contributed by atoms with van der Waals surface area (Å²) < 4.78 is 35.1. The van der Waals surface area contributed by atoms with Crippen LogP contribution in [-0.2, 0) is 23.3 Å². The number of aromatic nitrogens is 2. The molecule has 158 valence electrons. The molecule has 0 saturated carbocycles. The first-order valence-corrected chi connectivity index (χ1v) is 10.7. The zero-order valence-corrected chi connectivity index (χ0v) is 16.5. The average molecular weight is 420 g/mol. The van der Waals surface area contributed by atoms with Crippen LogP contribution in [-0.4, -0.2) is 50.0 Å². The molecule has 12 heteroatoms. The summed E-state index contributed by atoms with van der Waals surface area (Å²) in [6.45, 7) is 3.55. The Morgan fingerprint density at radius 2 is 1.86 bits per heavy atom. The Labute approximate surface area is 160 Å². The molecule has 1 aromatic heterocycles. The van der Waals surface area contributed by atoms with E-state index in [9.17, 15) is 14.2 Å². The predicted molar refractivity (Wildman–Crippen MR) is 95.5 cm³/mol. The molecule has 0 bridgehead atoms. The van der Waals surface area contributed by atoms with E-state index in [2.05, 4.69) is 9.51 Å². The van der Waals surface area contributed by atoms with Gasteiger partial charge in [0.25, 0.3) is 5.56 Å². The molecule has 2 aliphatic heterocycles. The van der Waals surface area contributed by atoms with E-state index in [4.69, 9.17) is 24.0 Å². The van der Waals surface area contributed by atoms with E-state index in [1.807, 2.05) is 13.8 Å². The van der Waals surface area contributed by atoms with Gasteiger partial charge in [0.2, 0.25) is 0 Å². The summed E-state index contributed by atoms with van der Waals surface area (Å²) in [5.74, 6) is -0.868. The third-order valence-electron chi connectivity index (χ3n) is 4.78.